The van der Waals surface area contributed by atoms with Gasteiger partial charge in [-0.05, 0) is 31.9 Å². The predicted octanol–water partition coefficient (Wildman–Crippen LogP) is 3.28. The lowest BCUT2D eigenvalue weighted by Gasteiger charge is -2.07. The summed E-state index contributed by atoms with van der Waals surface area (Å²) in [5, 5.41) is 11.0. The Hall–Kier alpha value is -3.68. The largest absolute Gasteiger partial charge is 0.361 e. The van der Waals surface area contributed by atoms with Gasteiger partial charge in [0, 0.05) is 35.8 Å². The predicted molar refractivity (Wildman–Crippen MR) is 106 cm³/mol. The molecule has 0 aliphatic heterocycles. The standard InChI is InChI=1S/C20H20N6O2/c1-12-9-19(26-28-12)25-18-10-17(23-13(2)24-18)20(27)21-8-7-14-11-22-16-6-4-3-5-15(14)16/h3-6,9-11,22H,7-8H2,1-2H3,(H,21,27)(H,23,24,25,26). The molecular weight excluding hydrogens is 356 g/mol. The van der Waals surface area contributed by atoms with Crippen molar-refractivity contribution in [3.05, 3.63) is 65.4 Å². The maximum atomic E-state index is 12.5. The first-order valence-electron chi connectivity index (χ1n) is 8.98. The van der Waals surface area contributed by atoms with Crippen molar-refractivity contribution in [1.29, 1.82) is 0 Å². The van der Waals surface area contributed by atoms with E-state index in [4.69, 9.17) is 4.52 Å². The van der Waals surface area contributed by atoms with E-state index in [1.807, 2.05) is 24.4 Å². The highest BCUT2D eigenvalue weighted by atomic mass is 16.5. The first kappa shape index (κ1) is 17.7. The Kier molecular flexibility index (Phi) is 4.76. The topological polar surface area (TPSA) is 109 Å². The van der Waals surface area contributed by atoms with Crippen LogP contribution in [0.25, 0.3) is 10.9 Å². The van der Waals surface area contributed by atoms with Crippen molar-refractivity contribution in [3.8, 4) is 0 Å². The van der Waals surface area contributed by atoms with Gasteiger partial charge in [0.25, 0.3) is 5.91 Å². The van der Waals surface area contributed by atoms with E-state index in [0.717, 1.165) is 11.9 Å². The lowest BCUT2D eigenvalue weighted by molar-refractivity contribution is 0.0949. The number of benzene rings is 1. The second-order valence-electron chi connectivity index (χ2n) is 6.50. The Morgan fingerprint density at radius 2 is 2.00 bits per heavy atom. The highest BCUT2D eigenvalue weighted by Gasteiger charge is 2.12. The monoisotopic (exact) mass is 376 g/mol. The minimum absolute atomic E-state index is 0.246. The van der Waals surface area contributed by atoms with E-state index >= 15 is 0 Å². The second kappa shape index (κ2) is 7.51. The van der Waals surface area contributed by atoms with Gasteiger partial charge in [0.1, 0.15) is 23.1 Å². The Morgan fingerprint density at radius 3 is 2.82 bits per heavy atom. The SMILES string of the molecule is Cc1nc(Nc2cc(C)on2)cc(C(=O)NCCc2c[nH]c3ccccc23)n1. The maximum absolute atomic E-state index is 12.5. The number of fused-ring (bicyclic) bond motifs is 1. The third kappa shape index (κ3) is 3.85. The molecule has 28 heavy (non-hydrogen) atoms. The molecule has 142 valence electrons. The van der Waals surface area contributed by atoms with Crippen molar-refractivity contribution in [3.63, 3.8) is 0 Å². The second-order valence-corrected chi connectivity index (χ2v) is 6.50. The summed E-state index contributed by atoms with van der Waals surface area (Å²) in [5.74, 6) is 1.95. The molecule has 0 spiro atoms. The number of hydrogen-bond donors (Lipinski definition) is 3. The van der Waals surface area contributed by atoms with Gasteiger partial charge in [0.2, 0.25) is 0 Å². The number of hydrogen-bond acceptors (Lipinski definition) is 6. The summed E-state index contributed by atoms with van der Waals surface area (Å²) < 4.78 is 5.03. The van der Waals surface area contributed by atoms with Crippen molar-refractivity contribution in [2.75, 3.05) is 11.9 Å². The van der Waals surface area contributed by atoms with Crippen LogP contribution in [0.3, 0.4) is 0 Å². The van der Waals surface area contributed by atoms with E-state index in [0.29, 0.717) is 35.5 Å². The Morgan fingerprint density at radius 1 is 1.14 bits per heavy atom. The number of aromatic amines is 1. The summed E-state index contributed by atoms with van der Waals surface area (Å²) in [6, 6.07) is 11.4. The first-order chi connectivity index (χ1) is 13.6. The highest BCUT2D eigenvalue weighted by molar-refractivity contribution is 5.93. The zero-order chi connectivity index (χ0) is 19.5. The van der Waals surface area contributed by atoms with Crippen molar-refractivity contribution in [2.24, 2.45) is 0 Å². The van der Waals surface area contributed by atoms with Gasteiger partial charge in [-0.15, -0.1) is 0 Å². The maximum Gasteiger partial charge on any atom is 0.270 e. The minimum Gasteiger partial charge on any atom is -0.361 e. The van der Waals surface area contributed by atoms with Crippen LogP contribution < -0.4 is 10.6 Å². The molecule has 0 bridgehead atoms. The molecule has 3 aromatic heterocycles. The van der Waals surface area contributed by atoms with Crippen molar-refractivity contribution in [2.45, 2.75) is 20.3 Å². The van der Waals surface area contributed by atoms with E-state index in [-0.39, 0.29) is 5.91 Å². The molecule has 8 nitrogen and oxygen atoms in total. The zero-order valence-corrected chi connectivity index (χ0v) is 15.6. The quantitative estimate of drug-likeness (QED) is 0.476. The molecule has 0 fully saturated rings. The molecule has 0 unspecified atom stereocenters. The Labute approximate surface area is 161 Å². The fourth-order valence-electron chi connectivity index (χ4n) is 3.04. The molecule has 4 aromatic rings. The lowest BCUT2D eigenvalue weighted by atomic mass is 10.1. The molecule has 3 heterocycles. The van der Waals surface area contributed by atoms with Gasteiger partial charge in [-0.3, -0.25) is 4.79 Å². The van der Waals surface area contributed by atoms with Crippen molar-refractivity contribution in [1.82, 2.24) is 25.4 Å². The third-order valence-corrected chi connectivity index (χ3v) is 4.31. The van der Waals surface area contributed by atoms with Gasteiger partial charge in [-0.1, -0.05) is 23.4 Å². The highest BCUT2D eigenvalue weighted by Crippen LogP contribution is 2.18. The molecule has 8 heteroatoms. The van der Waals surface area contributed by atoms with Gasteiger partial charge in [0.05, 0.1) is 0 Å². The number of aryl methyl sites for hydroxylation is 2. The third-order valence-electron chi connectivity index (χ3n) is 4.31. The van der Waals surface area contributed by atoms with Crippen LogP contribution in [-0.4, -0.2) is 32.6 Å². The number of rotatable bonds is 6. The van der Waals surface area contributed by atoms with Gasteiger partial charge >= 0.3 is 0 Å². The lowest BCUT2D eigenvalue weighted by Crippen LogP contribution is -2.27. The molecule has 3 N–H and O–H groups in total. The summed E-state index contributed by atoms with van der Waals surface area (Å²) >= 11 is 0. The van der Waals surface area contributed by atoms with Gasteiger partial charge < -0.3 is 20.1 Å². The van der Waals surface area contributed by atoms with Gasteiger partial charge in [0.15, 0.2) is 5.82 Å². The number of carbonyl (C=O) groups excluding carboxylic acids is 1. The summed E-state index contributed by atoms with van der Waals surface area (Å²) in [6.45, 7) is 4.05. The van der Waals surface area contributed by atoms with Crippen LogP contribution in [0.5, 0.6) is 0 Å². The van der Waals surface area contributed by atoms with Crippen LogP contribution in [0.1, 0.15) is 27.6 Å². The van der Waals surface area contributed by atoms with Crippen molar-refractivity contribution >= 4 is 28.4 Å². The zero-order valence-electron chi connectivity index (χ0n) is 15.6. The average Bonchev–Trinajstić information content (AvgIpc) is 3.27. The molecule has 0 aliphatic carbocycles. The Balaban J connectivity index is 1.41. The fraction of sp³-hybridized carbons (Fsp3) is 0.200. The number of amides is 1. The summed E-state index contributed by atoms with van der Waals surface area (Å²) in [6.07, 6.45) is 2.71. The number of nitrogens with zero attached hydrogens (tertiary/aromatic N) is 3. The molecule has 1 aromatic carbocycles. The normalized spacial score (nSPS) is 10.9. The van der Waals surface area contributed by atoms with Gasteiger partial charge in [-0.2, -0.15) is 0 Å². The number of nitrogens with one attached hydrogen (secondary N) is 3. The van der Waals surface area contributed by atoms with E-state index in [9.17, 15) is 4.79 Å². The van der Waals surface area contributed by atoms with E-state index < -0.39 is 0 Å². The van der Waals surface area contributed by atoms with Crippen LogP contribution in [0.4, 0.5) is 11.6 Å². The molecule has 0 saturated heterocycles. The molecule has 0 aliphatic rings. The van der Waals surface area contributed by atoms with Crippen LogP contribution in [0.15, 0.2) is 47.1 Å². The van der Waals surface area contributed by atoms with Crippen molar-refractivity contribution < 1.29 is 9.32 Å². The van der Waals surface area contributed by atoms with Crippen LogP contribution in [0, 0.1) is 13.8 Å². The fourth-order valence-corrected chi connectivity index (χ4v) is 3.04. The number of H-pyrrole nitrogens is 1. The molecule has 0 saturated carbocycles. The summed E-state index contributed by atoms with van der Waals surface area (Å²) in [5.41, 5.74) is 2.56. The molecular formula is C20H20N6O2. The van der Waals surface area contributed by atoms with Crippen LogP contribution in [0.2, 0.25) is 0 Å². The smallest absolute Gasteiger partial charge is 0.270 e. The number of anilines is 2. The number of para-hydroxylation sites is 1. The average molecular weight is 376 g/mol. The number of aromatic nitrogens is 4. The minimum atomic E-state index is -0.246. The van der Waals surface area contributed by atoms with Crippen LogP contribution >= 0.6 is 0 Å². The summed E-state index contributed by atoms with van der Waals surface area (Å²) in [7, 11) is 0. The first-order valence-corrected chi connectivity index (χ1v) is 8.98. The van der Waals surface area contributed by atoms with E-state index in [1.165, 1.54) is 10.9 Å². The van der Waals surface area contributed by atoms with E-state index in [1.54, 1.807) is 26.0 Å². The van der Waals surface area contributed by atoms with Crippen LogP contribution in [-0.2, 0) is 6.42 Å². The molecule has 4 rings (SSSR count). The molecule has 0 atom stereocenters. The number of carbonyl (C=O) groups is 1. The molecule has 1 amide bonds. The molecule has 0 radical (unpaired) electrons. The van der Waals surface area contributed by atoms with Gasteiger partial charge in [-0.25, -0.2) is 9.97 Å². The summed E-state index contributed by atoms with van der Waals surface area (Å²) in [4.78, 5) is 24.3. The Bertz CT molecular complexity index is 1130. The van der Waals surface area contributed by atoms with E-state index in [2.05, 4.69) is 36.8 Å².